The van der Waals surface area contributed by atoms with Crippen LogP contribution in [0.2, 0.25) is 0 Å². The van der Waals surface area contributed by atoms with Gasteiger partial charge >= 0.3 is 5.97 Å². The van der Waals surface area contributed by atoms with Crippen LogP contribution in [-0.2, 0) is 19.1 Å². The average molecular weight is 225 g/mol. The van der Waals surface area contributed by atoms with Crippen molar-refractivity contribution in [3.05, 3.63) is 0 Å². The van der Waals surface area contributed by atoms with Crippen LogP contribution < -0.4 is 0 Å². The Labute approximate surface area is 93.7 Å². The SMILES string of the molecule is CCOC(=O)C(=O)[C@@H]1C(=O)C2CCN1CC2. The molecule has 3 saturated heterocycles. The molecule has 0 aliphatic carbocycles. The summed E-state index contributed by atoms with van der Waals surface area (Å²) in [5.74, 6) is -1.71. The van der Waals surface area contributed by atoms with Crippen molar-refractivity contribution in [3.8, 4) is 0 Å². The fraction of sp³-hybridized carbons (Fsp3) is 0.727. The predicted octanol–water partition coefficient (Wildman–Crippen LogP) is -0.218. The number of ether oxygens (including phenoxy) is 1. The first kappa shape index (κ1) is 11.3. The quantitative estimate of drug-likeness (QED) is 0.377. The summed E-state index contributed by atoms with van der Waals surface area (Å²) in [4.78, 5) is 36.7. The van der Waals surface area contributed by atoms with E-state index < -0.39 is 17.8 Å². The van der Waals surface area contributed by atoms with E-state index in [0.717, 1.165) is 25.9 Å². The third kappa shape index (κ3) is 1.75. The molecule has 3 rings (SSSR count). The van der Waals surface area contributed by atoms with Gasteiger partial charge in [-0.3, -0.25) is 14.5 Å². The van der Waals surface area contributed by atoms with Gasteiger partial charge < -0.3 is 4.74 Å². The molecule has 0 radical (unpaired) electrons. The Morgan fingerprint density at radius 1 is 1.38 bits per heavy atom. The van der Waals surface area contributed by atoms with Crippen LogP contribution in [0.25, 0.3) is 0 Å². The molecule has 0 amide bonds. The van der Waals surface area contributed by atoms with E-state index in [1.165, 1.54) is 0 Å². The number of hydrogen-bond acceptors (Lipinski definition) is 5. The summed E-state index contributed by atoms with van der Waals surface area (Å²) in [5, 5.41) is 0. The Morgan fingerprint density at radius 3 is 2.50 bits per heavy atom. The topological polar surface area (TPSA) is 63.7 Å². The molecule has 0 spiro atoms. The van der Waals surface area contributed by atoms with Gasteiger partial charge in [-0.15, -0.1) is 0 Å². The Morgan fingerprint density at radius 2 is 2.00 bits per heavy atom. The van der Waals surface area contributed by atoms with Gasteiger partial charge in [0.05, 0.1) is 6.61 Å². The summed E-state index contributed by atoms with van der Waals surface area (Å²) in [6.07, 6.45) is 1.62. The Bertz CT molecular complexity index is 331. The molecule has 5 nitrogen and oxygen atoms in total. The summed E-state index contributed by atoms with van der Waals surface area (Å²) in [7, 11) is 0. The van der Waals surface area contributed by atoms with Crippen LogP contribution in [0, 0.1) is 5.92 Å². The highest BCUT2D eigenvalue weighted by Gasteiger charge is 2.46. The van der Waals surface area contributed by atoms with Crippen molar-refractivity contribution in [1.29, 1.82) is 0 Å². The molecular formula is C11H15NO4. The maximum Gasteiger partial charge on any atom is 0.376 e. The largest absolute Gasteiger partial charge is 0.460 e. The summed E-state index contributed by atoms with van der Waals surface area (Å²) in [5.41, 5.74) is 0. The number of carbonyl (C=O) groups excluding carboxylic acids is 3. The van der Waals surface area contributed by atoms with Crippen molar-refractivity contribution in [1.82, 2.24) is 4.90 Å². The first-order valence-corrected chi connectivity index (χ1v) is 5.64. The second-order valence-electron chi connectivity index (χ2n) is 4.20. The van der Waals surface area contributed by atoms with Crippen molar-refractivity contribution in [2.24, 2.45) is 5.92 Å². The highest BCUT2D eigenvalue weighted by atomic mass is 16.5. The molecule has 0 aromatic rings. The smallest absolute Gasteiger partial charge is 0.376 e. The molecule has 3 fully saturated rings. The van der Waals surface area contributed by atoms with E-state index in [4.69, 9.17) is 0 Å². The predicted molar refractivity (Wildman–Crippen MR) is 54.7 cm³/mol. The van der Waals surface area contributed by atoms with Crippen molar-refractivity contribution >= 4 is 17.5 Å². The van der Waals surface area contributed by atoms with Crippen LogP contribution in [0.15, 0.2) is 0 Å². The van der Waals surface area contributed by atoms with E-state index in [1.807, 2.05) is 0 Å². The number of piperidine rings is 3. The zero-order valence-electron chi connectivity index (χ0n) is 9.27. The Hall–Kier alpha value is -1.23. The lowest BCUT2D eigenvalue weighted by molar-refractivity contribution is -0.160. The number of nitrogens with zero attached hydrogens (tertiary/aromatic N) is 1. The molecule has 88 valence electrons. The Kier molecular flexibility index (Phi) is 3.05. The molecule has 0 aromatic heterocycles. The number of rotatable bonds is 3. The number of hydrogen-bond donors (Lipinski definition) is 0. The number of fused-ring (bicyclic) bond motifs is 3. The average Bonchev–Trinajstić information content (AvgIpc) is 2.30. The molecule has 5 heteroatoms. The van der Waals surface area contributed by atoms with Gasteiger partial charge in [0.1, 0.15) is 6.04 Å². The van der Waals surface area contributed by atoms with Crippen LogP contribution in [0.3, 0.4) is 0 Å². The minimum absolute atomic E-state index is 0.0339. The van der Waals surface area contributed by atoms with Crippen LogP contribution >= 0.6 is 0 Å². The summed E-state index contributed by atoms with van der Waals surface area (Å²) in [6.45, 7) is 3.26. The van der Waals surface area contributed by atoms with Crippen LogP contribution in [0.5, 0.6) is 0 Å². The van der Waals surface area contributed by atoms with Gasteiger partial charge in [0, 0.05) is 5.92 Å². The van der Waals surface area contributed by atoms with E-state index in [-0.39, 0.29) is 18.3 Å². The van der Waals surface area contributed by atoms with E-state index in [9.17, 15) is 14.4 Å². The lowest BCUT2D eigenvalue weighted by atomic mass is 9.80. The van der Waals surface area contributed by atoms with Gasteiger partial charge in [-0.25, -0.2) is 4.79 Å². The van der Waals surface area contributed by atoms with Gasteiger partial charge in [0.25, 0.3) is 5.78 Å². The standard InChI is InChI=1S/C11H15NO4/c1-2-16-11(15)10(14)8-9(13)7-3-5-12(8)6-4-7/h7-8H,2-6H2,1H3/t8-/m0/s1. The third-order valence-electron chi connectivity index (χ3n) is 3.29. The highest BCUT2D eigenvalue weighted by Crippen LogP contribution is 2.29. The van der Waals surface area contributed by atoms with Crippen molar-refractivity contribution in [3.63, 3.8) is 0 Å². The fourth-order valence-electron chi connectivity index (χ4n) is 2.45. The van der Waals surface area contributed by atoms with Crippen LogP contribution in [0.4, 0.5) is 0 Å². The van der Waals surface area contributed by atoms with Crippen molar-refractivity contribution in [2.45, 2.75) is 25.8 Å². The molecule has 0 N–H and O–H groups in total. The number of ketones is 2. The lowest BCUT2D eigenvalue weighted by Gasteiger charge is -2.42. The summed E-state index contributed by atoms with van der Waals surface area (Å²) in [6, 6.07) is -0.869. The number of carbonyl (C=O) groups is 3. The number of Topliss-reactive ketones (excluding diaryl/α,β-unsaturated/α-hetero) is 2. The van der Waals surface area contributed by atoms with Gasteiger partial charge in [-0.1, -0.05) is 0 Å². The van der Waals surface area contributed by atoms with Gasteiger partial charge in [-0.2, -0.15) is 0 Å². The number of esters is 1. The minimum atomic E-state index is -0.881. The monoisotopic (exact) mass is 225 g/mol. The van der Waals surface area contributed by atoms with Crippen LogP contribution in [0.1, 0.15) is 19.8 Å². The fourth-order valence-corrected chi connectivity index (χ4v) is 2.45. The highest BCUT2D eigenvalue weighted by molar-refractivity contribution is 6.40. The minimum Gasteiger partial charge on any atom is -0.460 e. The van der Waals surface area contributed by atoms with E-state index in [1.54, 1.807) is 11.8 Å². The zero-order chi connectivity index (χ0) is 11.7. The van der Waals surface area contributed by atoms with E-state index >= 15 is 0 Å². The molecule has 0 unspecified atom stereocenters. The van der Waals surface area contributed by atoms with Crippen molar-refractivity contribution < 1.29 is 19.1 Å². The third-order valence-corrected chi connectivity index (χ3v) is 3.29. The molecule has 0 saturated carbocycles. The molecule has 1 atom stereocenters. The van der Waals surface area contributed by atoms with Gasteiger partial charge in [0.2, 0.25) is 0 Å². The first-order valence-electron chi connectivity index (χ1n) is 5.64. The summed E-state index contributed by atoms with van der Waals surface area (Å²) < 4.78 is 4.65. The second kappa shape index (κ2) is 4.33. The molecule has 0 aromatic carbocycles. The molecule has 3 aliphatic heterocycles. The molecule has 3 aliphatic rings. The second-order valence-corrected chi connectivity index (χ2v) is 4.20. The van der Waals surface area contributed by atoms with Gasteiger partial charge in [0.15, 0.2) is 5.78 Å². The molecule has 16 heavy (non-hydrogen) atoms. The molecule has 2 bridgehead atoms. The van der Waals surface area contributed by atoms with E-state index in [0.29, 0.717) is 0 Å². The van der Waals surface area contributed by atoms with Gasteiger partial charge in [-0.05, 0) is 32.9 Å². The maximum atomic E-state index is 11.9. The molecular weight excluding hydrogens is 210 g/mol. The van der Waals surface area contributed by atoms with E-state index in [2.05, 4.69) is 4.74 Å². The lowest BCUT2D eigenvalue weighted by Crippen LogP contribution is -2.60. The summed E-state index contributed by atoms with van der Waals surface area (Å²) >= 11 is 0. The van der Waals surface area contributed by atoms with Crippen molar-refractivity contribution in [2.75, 3.05) is 19.7 Å². The maximum absolute atomic E-state index is 11.9. The van der Waals surface area contributed by atoms with Crippen LogP contribution in [-0.4, -0.2) is 48.2 Å². The first-order chi connectivity index (χ1) is 7.65. The normalized spacial score (nSPS) is 32.6. The zero-order valence-corrected chi connectivity index (χ0v) is 9.27. The molecule has 3 heterocycles. The Balaban J connectivity index is 2.11.